The van der Waals surface area contributed by atoms with Gasteiger partial charge in [-0.2, -0.15) is 0 Å². The molecule has 0 rings (SSSR count). The van der Waals surface area contributed by atoms with Crippen molar-refractivity contribution in [3.05, 3.63) is 0 Å². The Hall–Kier alpha value is -1.15. The topological polar surface area (TPSA) is 110 Å². The van der Waals surface area contributed by atoms with Gasteiger partial charge in [0, 0.05) is 6.04 Å². The fourth-order valence-corrected chi connectivity index (χ4v) is 2.79. The molecule has 1 atom stereocenters. The van der Waals surface area contributed by atoms with Gasteiger partial charge in [-0.25, -0.2) is 13.1 Å². The molecule has 0 fully saturated rings. The third-order valence-corrected chi connectivity index (χ3v) is 3.72. The Morgan fingerprint density at radius 1 is 1.32 bits per heavy atom. The molecule has 0 saturated carbocycles. The van der Waals surface area contributed by atoms with Crippen molar-refractivity contribution in [1.29, 1.82) is 0 Å². The van der Waals surface area contributed by atoms with Crippen molar-refractivity contribution >= 4 is 22.0 Å². The van der Waals surface area contributed by atoms with Crippen molar-refractivity contribution in [2.24, 2.45) is 0 Å². The van der Waals surface area contributed by atoms with Gasteiger partial charge in [0.25, 0.3) is 0 Å². The van der Waals surface area contributed by atoms with E-state index in [0.717, 1.165) is 0 Å². The summed E-state index contributed by atoms with van der Waals surface area (Å²) in [6, 6.07) is -0.644. The van der Waals surface area contributed by atoms with Gasteiger partial charge in [-0.15, -0.1) is 0 Å². The molecule has 2 N–H and O–H groups in total. The number of carboxylic acids is 1. The molecule has 1 unspecified atom stereocenters. The van der Waals surface area contributed by atoms with Gasteiger partial charge in [-0.1, -0.05) is 13.3 Å². The van der Waals surface area contributed by atoms with Crippen molar-refractivity contribution in [1.82, 2.24) is 4.72 Å². The second kappa shape index (κ2) is 8.87. The van der Waals surface area contributed by atoms with E-state index in [9.17, 15) is 18.0 Å². The van der Waals surface area contributed by atoms with Crippen LogP contribution in [0.25, 0.3) is 0 Å². The summed E-state index contributed by atoms with van der Waals surface area (Å²) in [7, 11) is -3.68. The average molecular weight is 295 g/mol. The Morgan fingerprint density at radius 3 is 2.42 bits per heavy atom. The maximum Gasteiger partial charge on any atom is 0.306 e. The van der Waals surface area contributed by atoms with E-state index >= 15 is 0 Å². The van der Waals surface area contributed by atoms with Gasteiger partial charge in [-0.3, -0.25) is 9.59 Å². The van der Waals surface area contributed by atoms with Crippen LogP contribution >= 0.6 is 0 Å². The van der Waals surface area contributed by atoms with Gasteiger partial charge >= 0.3 is 11.9 Å². The predicted octanol–water partition coefficient (Wildman–Crippen LogP) is 0.502. The number of nitrogens with one attached hydrogen (secondary N) is 1. The zero-order chi connectivity index (χ0) is 14.9. The van der Waals surface area contributed by atoms with Gasteiger partial charge in [0.15, 0.2) is 0 Å². The molecule has 0 heterocycles. The van der Waals surface area contributed by atoms with E-state index in [1.54, 1.807) is 6.92 Å². The van der Waals surface area contributed by atoms with Crippen LogP contribution in [-0.4, -0.2) is 43.9 Å². The monoisotopic (exact) mass is 295 g/mol. The van der Waals surface area contributed by atoms with Crippen LogP contribution in [0.5, 0.6) is 0 Å². The van der Waals surface area contributed by atoms with Crippen molar-refractivity contribution in [2.45, 2.75) is 45.6 Å². The minimum Gasteiger partial charge on any atom is -0.481 e. The molecule has 0 amide bonds. The number of hydrogen-bond acceptors (Lipinski definition) is 5. The van der Waals surface area contributed by atoms with E-state index in [0.29, 0.717) is 12.8 Å². The van der Waals surface area contributed by atoms with Crippen molar-refractivity contribution in [2.75, 3.05) is 12.4 Å². The Labute approximate surface area is 113 Å². The van der Waals surface area contributed by atoms with E-state index in [2.05, 4.69) is 9.46 Å². The molecule has 0 saturated heterocycles. The highest BCUT2D eigenvalue weighted by atomic mass is 32.2. The van der Waals surface area contributed by atoms with Crippen LogP contribution in [0.3, 0.4) is 0 Å². The first-order valence-corrected chi connectivity index (χ1v) is 7.83. The molecular weight excluding hydrogens is 274 g/mol. The third-order valence-electron chi connectivity index (χ3n) is 2.28. The normalized spacial score (nSPS) is 12.9. The molecular formula is C11H21NO6S. The third kappa shape index (κ3) is 9.43. The summed E-state index contributed by atoms with van der Waals surface area (Å²) >= 11 is 0. The van der Waals surface area contributed by atoms with Crippen LogP contribution in [0.4, 0.5) is 0 Å². The molecule has 19 heavy (non-hydrogen) atoms. The first-order chi connectivity index (χ1) is 8.80. The van der Waals surface area contributed by atoms with E-state index in [-0.39, 0.29) is 19.4 Å². The number of hydrogen-bond donors (Lipinski definition) is 2. The van der Waals surface area contributed by atoms with E-state index < -0.39 is 33.8 Å². The zero-order valence-electron chi connectivity index (χ0n) is 11.2. The van der Waals surface area contributed by atoms with Crippen LogP contribution in [-0.2, 0) is 24.3 Å². The fraction of sp³-hybridized carbons (Fsp3) is 0.818. The number of esters is 1. The maximum absolute atomic E-state index is 11.7. The predicted molar refractivity (Wildman–Crippen MR) is 69.1 cm³/mol. The molecule has 0 aromatic heterocycles. The standard InChI is InChI=1S/C11H21NO6S/c1-3-5-9(8-10(13)14)12-19(16,17)7-6-11(15)18-4-2/h9,12H,3-8H2,1-2H3,(H,13,14). The quantitative estimate of drug-likeness (QED) is 0.568. The lowest BCUT2D eigenvalue weighted by Gasteiger charge is -2.15. The number of ether oxygens (including phenoxy) is 1. The molecule has 0 spiro atoms. The first-order valence-electron chi connectivity index (χ1n) is 6.18. The van der Waals surface area contributed by atoms with Gasteiger partial charge in [0.05, 0.1) is 25.2 Å². The zero-order valence-corrected chi connectivity index (χ0v) is 12.0. The smallest absolute Gasteiger partial charge is 0.306 e. The van der Waals surface area contributed by atoms with Crippen LogP contribution in [0.1, 0.15) is 39.5 Å². The highest BCUT2D eigenvalue weighted by Gasteiger charge is 2.20. The van der Waals surface area contributed by atoms with Crippen LogP contribution in [0.15, 0.2) is 0 Å². The van der Waals surface area contributed by atoms with Crippen LogP contribution in [0, 0.1) is 0 Å². The summed E-state index contributed by atoms with van der Waals surface area (Å²) in [5.74, 6) is -2.05. The lowest BCUT2D eigenvalue weighted by atomic mass is 10.1. The van der Waals surface area contributed by atoms with Crippen LogP contribution in [0.2, 0.25) is 0 Å². The van der Waals surface area contributed by atoms with Gasteiger partial charge in [-0.05, 0) is 13.3 Å². The SMILES string of the molecule is CCCC(CC(=O)O)NS(=O)(=O)CCC(=O)OCC. The van der Waals surface area contributed by atoms with Crippen molar-refractivity contribution in [3.63, 3.8) is 0 Å². The molecule has 8 heteroatoms. The van der Waals surface area contributed by atoms with E-state index in [1.165, 1.54) is 0 Å². The minimum absolute atomic E-state index is 0.198. The summed E-state index contributed by atoms with van der Waals surface area (Å²) in [5, 5.41) is 8.69. The van der Waals surface area contributed by atoms with Gasteiger partial charge in [0.2, 0.25) is 10.0 Å². The number of aliphatic carboxylic acids is 1. The largest absolute Gasteiger partial charge is 0.481 e. The van der Waals surface area contributed by atoms with Crippen molar-refractivity contribution in [3.8, 4) is 0 Å². The molecule has 0 aliphatic carbocycles. The molecule has 0 radical (unpaired) electrons. The van der Waals surface area contributed by atoms with E-state index in [1.807, 2.05) is 6.92 Å². The number of sulfonamides is 1. The summed E-state index contributed by atoms with van der Waals surface area (Å²) in [6.45, 7) is 3.67. The Balaban J connectivity index is 4.37. The number of carbonyl (C=O) groups is 2. The fourth-order valence-electron chi connectivity index (χ4n) is 1.53. The Kier molecular flexibility index (Phi) is 8.33. The minimum atomic E-state index is -3.68. The Morgan fingerprint density at radius 2 is 1.95 bits per heavy atom. The van der Waals surface area contributed by atoms with Gasteiger partial charge in [0.1, 0.15) is 0 Å². The Bertz CT molecular complexity index is 392. The summed E-state index contributed by atoms with van der Waals surface area (Å²) in [5.41, 5.74) is 0. The summed E-state index contributed by atoms with van der Waals surface area (Å²) in [6.07, 6.45) is 0.588. The number of rotatable bonds is 10. The highest BCUT2D eigenvalue weighted by Crippen LogP contribution is 2.05. The summed E-state index contributed by atoms with van der Waals surface area (Å²) in [4.78, 5) is 21.7. The lowest BCUT2D eigenvalue weighted by molar-refractivity contribution is -0.142. The molecule has 0 aliphatic heterocycles. The maximum atomic E-state index is 11.7. The molecule has 0 aromatic carbocycles. The summed E-state index contributed by atoms with van der Waals surface area (Å²) < 4.78 is 30.3. The average Bonchev–Trinajstić information content (AvgIpc) is 2.26. The number of carbonyl (C=O) groups excluding carboxylic acids is 1. The highest BCUT2D eigenvalue weighted by molar-refractivity contribution is 7.89. The number of carboxylic acid groups (broad SMARTS) is 1. The van der Waals surface area contributed by atoms with E-state index in [4.69, 9.17) is 5.11 Å². The second-order valence-electron chi connectivity index (χ2n) is 4.08. The van der Waals surface area contributed by atoms with Crippen LogP contribution < -0.4 is 4.72 Å². The molecule has 112 valence electrons. The second-order valence-corrected chi connectivity index (χ2v) is 5.95. The molecule has 0 aromatic rings. The van der Waals surface area contributed by atoms with Gasteiger partial charge < -0.3 is 9.84 Å². The van der Waals surface area contributed by atoms with Crippen molar-refractivity contribution < 1.29 is 27.9 Å². The molecule has 7 nitrogen and oxygen atoms in total. The molecule has 0 aliphatic rings. The lowest BCUT2D eigenvalue weighted by Crippen LogP contribution is -2.38. The molecule has 0 bridgehead atoms. The first kappa shape index (κ1) is 17.8.